The molecule has 0 aromatic rings. The highest BCUT2D eigenvalue weighted by Crippen LogP contribution is 2.81. The summed E-state index contributed by atoms with van der Waals surface area (Å²) in [6, 6.07) is 0. The van der Waals surface area contributed by atoms with Crippen LogP contribution >= 0.6 is 0 Å². The number of carbonyl (C=O) groups excluding carboxylic acids is 1. The molecule has 2 unspecified atom stereocenters. The van der Waals surface area contributed by atoms with E-state index in [1.165, 1.54) is 12.7 Å². The van der Waals surface area contributed by atoms with Crippen molar-refractivity contribution in [2.75, 3.05) is 7.11 Å². The van der Waals surface area contributed by atoms with Gasteiger partial charge in [0.05, 0.1) is 12.5 Å². The number of rotatable bonds is 1. The molecule has 60 valence electrons. The van der Waals surface area contributed by atoms with Crippen molar-refractivity contribution in [3.05, 3.63) is 12.2 Å². The van der Waals surface area contributed by atoms with Gasteiger partial charge in [0.15, 0.2) is 0 Å². The molecule has 2 rings (SSSR count). The minimum atomic E-state index is -0.223. The summed E-state index contributed by atoms with van der Waals surface area (Å²) < 4.78 is 4.72. The second-order valence-corrected chi connectivity index (χ2v) is 3.86. The topological polar surface area (TPSA) is 26.3 Å². The van der Waals surface area contributed by atoms with Crippen molar-refractivity contribution in [3.8, 4) is 0 Å². The Morgan fingerprint density at radius 3 is 2.55 bits per heavy atom. The molecule has 2 heteroatoms. The number of hydrogen-bond acceptors (Lipinski definition) is 2. The highest BCUT2D eigenvalue weighted by Gasteiger charge is 2.78. The van der Waals surface area contributed by atoms with Crippen LogP contribution in [-0.4, -0.2) is 13.1 Å². The molecule has 2 aliphatic rings. The number of methoxy groups -OCH3 is 1. The van der Waals surface area contributed by atoms with Crippen LogP contribution in [0.2, 0.25) is 0 Å². The van der Waals surface area contributed by atoms with Gasteiger partial charge in [0.2, 0.25) is 0 Å². The van der Waals surface area contributed by atoms with Gasteiger partial charge in [-0.15, -0.1) is 0 Å². The summed E-state index contributed by atoms with van der Waals surface area (Å²) in [6.07, 6.45) is 1.98. The molecule has 0 saturated heterocycles. The van der Waals surface area contributed by atoms with Crippen LogP contribution in [-0.2, 0) is 9.53 Å². The number of carbonyl (C=O) groups is 1. The zero-order valence-corrected chi connectivity index (χ0v) is 6.94. The van der Waals surface area contributed by atoms with Gasteiger partial charge in [0.25, 0.3) is 0 Å². The zero-order chi connectivity index (χ0) is 8.28. The normalized spacial score (nSPS) is 45.8. The SMILES string of the molecule is C=C1CC12CC2(C)C(=O)OC. The van der Waals surface area contributed by atoms with Gasteiger partial charge in [-0.1, -0.05) is 12.2 Å². The predicted octanol–water partition coefficient (Wildman–Crippen LogP) is 1.52. The Balaban J connectivity index is 2.18. The van der Waals surface area contributed by atoms with Crippen LogP contribution in [0.1, 0.15) is 19.8 Å². The smallest absolute Gasteiger partial charge is 0.312 e. The molecule has 0 aromatic carbocycles. The van der Waals surface area contributed by atoms with Crippen molar-refractivity contribution in [2.45, 2.75) is 19.8 Å². The predicted molar refractivity (Wildman–Crippen MR) is 40.9 cm³/mol. The standard InChI is InChI=1S/C9H12O2/c1-6-4-9(6)5-8(9,2)7(10)11-3/h1,4-5H2,2-3H3. The summed E-state index contributed by atoms with van der Waals surface area (Å²) in [5, 5.41) is 0. The van der Waals surface area contributed by atoms with Crippen molar-refractivity contribution in [3.63, 3.8) is 0 Å². The molecule has 1 spiro atoms. The number of esters is 1. The van der Waals surface area contributed by atoms with Gasteiger partial charge < -0.3 is 4.74 Å². The second kappa shape index (κ2) is 1.52. The van der Waals surface area contributed by atoms with Crippen LogP contribution in [0.25, 0.3) is 0 Å². The van der Waals surface area contributed by atoms with E-state index in [2.05, 4.69) is 6.58 Å². The highest BCUT2D eigenvalue weighted by atomic mass is 16.5. The molecular weight excluding hydrogens is 140 g/mol. The minimum absolute atomic E-state index is 0.0730. The summed E-state index contributed by atoms with van der Waals surface area (Å²) >= 11 is 0. The van der Waals surface area contributed by atoms with Gasteiger partial charge in [-0.25, -0.2) is 0 Å². The van der Waals surface area contributed by atoms with Crippen LogP contribution in [0.5, 0.6) is 0 Å². The van der Waals surface area contributed by atoms with E-state index >= 15 is 0 Å². The lowest BCUT2D eigenvalue weighted by atomic mass is 10.1. The molecule has 2 atom stereocenters. The number of ether oxygens (including phenoxy) is 1. The Morgan fingerprint density at radius 1 is 1.73 bits per heavy atom. The monoisotopic (exact) mass is 152 g/mol. The van der Waals surface area contributed by atoms with Gasteiger partial charge in [0.1, 0.15) is 0 Å². The first-order chi connectivity index (χ1) is 5.07. The van der Waals surface area contributed by atoms with Gasteiger partial charge in [0, 0.05) is 5.41 Å². The lowest BCUT2D eigenvalue weighted by Crippen LogP contribution is -2.16. The Bertz CT molecular complexity index is 256. The largest absolute Gasteiger partial charge is 0.469 e. The first-order valence-corrected chi connectivity index (χ1v) is 3.83. The van der Waals surface area contributed by atoms with Crippen molar-refractivity contribution in [1.82, 2.24) is 0 Å². The molecule has 2 fully saturated rings. The lowest BCUT2D eigenvalue weighted by molar-refractivity contribution is -0.147. The first kappa shape index (κ1) is 6.89. The quantitative estimate of drug-likeness (QED) is 0.420. The molecule has 11 heavy (non-hydrogen) atoms. The second-order valence-electron chi connectivity index (χ2n) is 3.86. The average Bonchev–Trinajstić information content (AvgIpc) is 2.76. The third kappa shape index (κ3) is 0.561. The fourth-order valence-electron chi connectivity index (χ4n) is 2.14. The van der Waals surface area contributed by atoms with Gasteiger partial charge in [-0.2, -0.15) is 0 Å². The fourth-order valence-corrected chi connectivity index (χ4v) is 2.14. The van der Waals surface area contributed by atoms with Crippen molar-refractivity contribution in [1.29, 1.82) is 0 Å². The van der Waals surface area contributed by atoms with E-state index in [1.54, 1.807) is 0 Å². The Hall–Kier alpha value is -0.790. The molecule has 0 aliphatic heterocycles. The van der Waals surface area contributed by atoms with Crippen LogP contribution < -0.4 is 0 Å². The average molecular weight is 152 g/mol. The third-order valence-electron chi connectivity index (χ3n) is 3.29. The number of hydrogen-bond donors (Lipinski definition) is 0. The summed E-state index contributed by atoms with van der Waals surface area (Å²) in [7, 11) is 1.45. The zero-order valence-electron chi connectivity index (χ0n) is 6.94. The van der Waals surface area contributed by atoms with Crippen molar-refractivity contribution in [2.24, 2.45) is 10.8 Å². The van der Waals surface area contributed by atoms with Crippen LogP contribution in [0.3, 0.4) is 0 Å². The highest BCUT2D eigenvalue weighted by molar-refractivity contribution is 5.84. The van der Waals surface area contributed by atoms with Crippen molar-refractivity contribution >= 4 is 5.97 Å². The molecular formula is C9H12O2. The molecule has 2 aliphatic carbocycles. The van der Waals surface area contributed by atoms with E-state index in [4.69, 9.17) is 4.74 Å². The lowest BCUT2D eigenvalue weighted by Gasteiger charge is -2.05. The van der Waals surface area contributed by atoms with E-state index in [-0.39, 0.29) is 16.8 Å². The molecule has 0 aromatic heterocycles. The Morgan fingerprint density at radius 2 is 2.27 bits per heavy atom. The van der Waals surface area contributed by atoms with E-state index in [0.717, 1.165) is 12.8 Å². The maximum absolute atomic E-state index is 11.2. The van der Waals surface area contributed by atoms with Crippen LogP contribution in [0.4, 0.5) is 0 Å². The summed E-state index contributed by atoms with van der Waals surface area (Å²) in [6.45, 7) is 5.86. The van der Waals surface area contributed by atoms with Crippen molar-refractivity contribution < 1.29 is 9.53 Å². The summed E-state index contributed by atoms with van der Waals surface area (Å²) in [5.74, 6) is -0.0730. The van der Waals surface area contributed by atoms with E-state index < -0.39 is 0 Å². The maximum atomic E-state index is 11.2. The molecule has 0 heterocycles. The molecule has 2 saturated carbocycles. The van der Waals surface area contributed by atoms with E-state index in [1.807, 2.05) is 6.92 Å². The first-order valence-electron chi connectivity index (χ1n) is 3.83. The molecule has 0 bridgehead atoms. The van der Waals surface area contributed by atoms with Gasteiger partial charge in [-0.05, 0) is 19.8 Å². The third-order valence-corrected chi connectivity index (χ3v) is 3.29. The summed E-state index contributed by atoms with van der Waals surface area (Å²) in [4.78, 5) is 11.2. The van der Waals surface area contributed by atoms with Gasteiger partial charge in [-0.3, -0.25) is 4.79 Å². The summed E-state index contributed by atoms with van der Waals surface area (Å²) in [5.41, 5.74) is 1.17. The van der Waals surface area contributed by atoms with Crippen LogP contribution in [0.15, 0.2) is 12.2 Å². The van der Waals surface area contributed by atoms with E-state index in [0.29, 0.717) is 0 Å². The fraction of sp³-hybridized carbons (Fsp3) is 0.667. The molecule has 0 N–H and O–H groups in total. The van der Waals surface area contributed by atoms with Crippen LogP contribution in [0, 0.1) is 10.8 Å². The molecule has 2 nitrogen and oxygen atoms in total. The molecule has 0 amide bonds. The maximum Gasteiger partial charge on any atom is 0.312 e. The molecule has 0 radical (unpaired) electrons. The minimum Gasteiger partial charge on any atom is -0.469 e. The van der Waals surface area contributed by atoms with Gasteiger partial charge >= 0.3 is 5.97 Å². The van der Waals surface area contributed by atoms with E-state index in [9.17, 15) is 4.79 Å². The number of allylic oxidation sites excluding steroid dienone is 1. The Labute approximate surface area is 66.2 Å². The Kier molecular flexibility index (Phi) is 0.952.